The van der Waals surface area contributed by atoms with Crippen molar-refractivity contribution in [3.05, 3.63) is 23.1 Å². The van der Waals surface area contributed by atoms with Crippen molar-refractivity contribution < 1.29 is 0 Å². The van der Waals surface area contributed by atoms with Crippen LogP contribution in [0.5, 0.6) is 0 Å². The number of nitrogens with zero attached hydrogens (tertiary/aromatic N) is 5. The Kier molecular flexibility index (Phi) is 3.83. The van der Waals surface area contributed by atoms with Gasteiger partial charge < -0.3 is 5.73 Å². The Balaban J connectivity index is 2.38. The van der Waals surface area contributed by atoms with E-state index in [2.05, 4.69) is 56.1 Å². The minimum atomic E-state index is -0.0851. The van der Waals surface area contributed by atoms with Gasteiger partial charge in [-0.15, -0.1) is 5.10 Å². The molecule has 0 aliphatic heterocycles. The third-order valence-corrected chi connectivity index (χ3v) is 3.36. The molecule has 0 unspecified atom stereocenters. The zero-order chi connectivity index (χ0) is 14.9. The van der Waals surface area contributed by atoms with Crippen LogP contribution >= 0.6 is 0 Å². The maximum atomic E-state index is 5.97. The van der Waals surface area contributed by atoms with Gasteiger partial charge in [0, 0.05) is 12.0 Å². The Morgan fingerprint density at radius 1 is 1.20 bits per heavy atom. The van der Waals surface area contributed by atoms with E-state index in [9.17, 15) is 0 Å². The normalized spacial score (nSPS) is 12.1. The van der Waals surface area contributed by atoms with Crippen LogP contribution in [-0.2, 0) is 24.9 Å². The van der Waals surface area contributed by atoms with Gasteiger partial charge in [-0.2, -0.15) is 5.10 Å². The number of hydrogen-bond donors (Lipinski definition) is 1. The topological polar surface area (TPSA) is 74.6 Å². The third kappa shape index (κ3) is 2.69. The van der Waals surface area contributed by atoms with Crippen LogP contribution in [0.1, 0.15) is 51.7 Å². The quantitative estimate of drug-likeness (QED) is 0.926. The molecule has 0 spiro atoms. The molecule has 0 aliphatic carbocycles. The lowest BCUT2D eigenvalue weighted by atomic mass is 9.92. The van der Waals surface area contributed by atoms with Crippen LogP contribution in [0.15, 0.2) is 6.07 Å². The first-order chi connectivity index (χ1) is 9.36. The number of nitrogens with two attached hydrogens (primary N) is 1. The van der Waals surface area contributed by atoms with E-state index in [4.69, 9.17) is 5.73 Å². The number of aromatic nitrogens is 5. The molecular weight excluding hydrogens is 252 g/mol. The van der Waals surface area contributed by atoms with Gasteiger partial charge in [-0.05, 0) is 19.4 Å². The smallest absolute Gasteiger partial charge is 0.169 e. The molecule has 0 saturated heterocycles. The molecule has 0 saturated carbocycles. The summed E-state index contributed by atoms with van der Waals surface area (Å²) in [5.74, 6) is 0.510. The van der Waals surface area contributed by atoms with E-state index in [1.807, 2.05) is 9.36 Å². The van der Waals surface area contributed by atoms with Crippen LogP contribution < -0.4 is 5.73 Å². The molecule has 2 aromatic rings. The van der Waals surface area contributed by atoms with Crippen molar-refractivity contribution in [3.63, 3.8) is 0 Å². The van der Waals surface area contributed by atoms with Gasteiger partial charge in [-0.25, -0.2) is 4.68 Å². The second-order valence-electron chi connectivity index (χ2n) is 6.03. The summed E-state index contributed by atoms with van der Waals surface area (Å²) in [6.45, 7) is 12.1. The van der Waals surface area contributed by atoms with Gasteiger partial charge in [0.1, 0.15) is 0 Å². The average molecular weight is 276 g/mol. The molecule has 6 nitrogen and oxygen atoms in total. The second kappa shape index (κ2) is 5.26. The molecule has 110 valence electrons. The molecule has 0 fully saturated rings. The molecule has 0 bridgehead atoms. The fourth-order valence-corrected chi connectivity index (χ4v) is 2.45. The fraction of sp³-hybridized carbons (Fsp3) is 0.643. The zero-order valence-corrected chi connectivity index (χ0v) is 13.0. The first kappa shape index (κ1) is 14.6. The van der Waals surface area contributed by atoms with E-state index in [1.54, 1.807) is 0 Å². The van der Waals surface area contributed by atoms with Crippen molar-refractivity contribution >= 4 is 5.82 Å². The minimum Gasteiger partial charge on any atom is -0.381 e. The highest BCUT2D eigenvalue weighted by Gasteiger charge is 2.24. The molecule has 2 aromatic heterocycles. The number of anilines is 1. The summed E-state index contributed by atoms with van der Waals surface area (Å²) in [5.41, 5.74) is 9.10. The van der Waals surface area contributed by atoms with Crippen molar-refractivity contribution in [2.24, 2.45) is 0 Å². The van der Waals surface area contributed by atoms with Gasteiger partial charge in [0.15, 0.2) is 5.82 Å². The van der Waals surface area contributed by atoms with Crippen molar-refractivity contribution in [3.8, 4) is 0 Å². The van der Waals surface area contributed by atoms with Gasteiger partial charge in [0.05, 0.1) is 23.6 Å². The molecule has 0 radical (unpaired) electrons. The molecule has 2 N–H and O–H groups in total. The van der Waals surface area contributed by atoms with Crippen molar-refractivity contribution in [1.29, 1.82) is 0 Å². The number of hydrogen-bond acceptors (Lipinski definition) is 4. The van der Waals surface area contributed by atoms with Crippen LogP contribution in [0.2, 0.25) is 0 Å². The summed E-state index contributed by atoms with van der Waals surface area (Å²) in [5, 5.41) is 12.8. The summed E-state index contributed by atoms with van der Waals surface area (Å²) in [7, 11) is 0. The maximum Gasteiger partial charge on any atom is 0.169 e. The fourth-order valence-electron chi connectivity index (χ4n) is 2.45. The lowest BCUT2D eigenvalue weighted by Crippen LogP contribution is -2.21. The van der Waals surface area contributed by atoms with E-state index in [-0.39, 0.29) is 5.41 Å². The third-order valence-electron chi connectivity index (χ3n) is 3.36. The molecular formula is C14H24N6. The van der Waals surface area contributed by atoms with Gasteiger partial charge in [0.2, 0.25) is 0 Å². The van der Waals surface area contributed by atoms with E-state index >= 15 is 0 Å². The molecule has 2 heterocycles. The van der Waals surface area contributed by atoms with Gasteiger partial charge in [-0.3, -0.25) is 4.68 Å². The highest BCUT2D eigenvalue weighted by molar-refractivity contribution is 5.38. The van der Waals surface area contributed by atoms with Crippen molar-refractivity contribution in [1.82, 2.24) is 24.8 Å². The molecule has 0 atom stereocenters. The lowest BCUT2D eigenvalue weighted by molar-refractivity contribution is 0.487. The number of aryl methyl sites for hydroxylation is 2. The molecule has 0 amide bonds. The Hall–Kier alpha value is -1.85. The van der Waals surface area contributed by atoms with Crippen LogP contribution in [0.4, 0.5) is 5.82 Å². The monoisotopic (exact) mass is 276 g/mol. The van der Waals surface area contributed by atoms with Crippen LogP contribution in [0.3, 0.4) is 0 Å². The first-order valence-electron chi connectivity index (χ1n) is 7.11. The van der Waals surface area contributed by atoms with Crippen LogP contribution in [-0.4, -0.2) is 24.8 Å². The largest absolute Gasteiger partial charge is 0.381 e. The van der Waals surface area contributed by atoms with E-state index in [1.165, 1.54) is 0 Å². The lowest BCUT2D eigenvalue weighted by Gasteiger charge is -2.20. The number of nitrogen functional groups attached to an aromatic ring is 1. The Morgan fingerprint density at radius 2 is 1.90 bits per heavy atom. The summed E-state index contributed by atoms with van der Waals surface area (Å²) < 4.78 is 3.90. The van der Waals surface area contributed by atoms with Gasteiger partial charge in [-0.1, -0.05) is 32.9 Å². The first-order valence-corrected chi connectivity index (χ1v) is 7.11. The van der Waals surface area contributed by atoms with Crippen molar-refractivity contribution in [2.45, 2.75) is 59.5 Å². The molecule has 20 heavy (non-hydrogen) atoms. The highest BCUT2D eigenvalue weighted by Crippen LogP contribution is 2.26. The van der Waals surface area contributed by atoms with E-state index in [0.717, 1.165) is 30.0 Å². The Morgan fingerprint density at radius 3 is 2.45 bits per heavy atom. The molecule has 0 aromatic carbocycles. The summed E-state index contributed by atoms with van der Waals surface area (Å²) in [4.78, 5) is 0. The van der Waals surface area contributed by atoms with Crippen LogP contribution in [0, 0.1) is 0 Å². The van der Waals surface area contributed by atoms with Crippen molar-refractivity contribution in [2.75, 3.05) is 5.73 Å². The molecule has 6 heteroatoms. The molecule has 0 aliphatic rings. The summed E-state index contributed by atoms with van der Waals surface area (Å²) in [6, 6.07) is 2.13. The predicted molar refractivity (Wildman–Crippen MR) is 79.5 cm³/mol. The molecule has 2 rings (SSSR count). The number of rotatable bonds is 4. The minimum absolute atomic E-state index is 0.0851. The maximum absolute atomic E-state index is 5.97. The van der Waals surface area contributed by atoms with E-state index in [0.29, 0.717) is 12.4 Å². The Bertz CT molecular complexity index is 587. The van der Waals surface area contributed by atoms with Gasteiger partial charge in [0.25, 0.3) is 0 Å². The van der Waals surface area contributed by atoms with E-state index < -0.39 is 0 Å². The van der Waals surface area contributed by atoms with Gasteiger partial charge >= 0.3 is 0 Å². The summed E-state index contributed by atoms with van der Waals surface area (Å²) in [6.07, 6.45) is 0.936. The van der Waals surface area contributed by atoms with Crippen LogP contribution in [0.25, 0.3) is 0 Å². The summed E-state index contributed by atoms with van der Waals surface area (Å²) >= 11 is 0. The highest BCUT2D eigenvalue weighted by atomic mass is 15.5. The second-order valence-corrected chi connectivity index (χ2v) is 6.03. The standard InChI is InChI=1S/C14H24N6/c1-6-10-8-11(19(7-2)17-10)9-20-12(14(3,4)5)13(15)16-18-20/h8H,6-7,9,15H2,1-5H3. The SMILES string of the molecule is CCc1cc(Cn2nnc(N)c2C(C)(C)C)n(CC)n1. The Labute approximate surface area is 120 Å². The average Bonchev–Trinajstić information content (AvgIpc) is 2.92. The zero-order valence-electron chi connectivity index (χ0n) is 13.0. The predicted octanol–water partition coefficient (Wildman–Crippen LogP) is 1.98.